The van der Waals surface area contributed by atoms with Crippen molar-refractivity contribution in [3.63, 3.8) is 0 Å². The van der Waals surface area contributed by atoms with Crippen LogP contribution in [0.3, 0.4) is 0 Å². The third kappa shape index (κ3) is 3.51. The molecular formula is C19H30O6S. The highest BCUT2D eigenvalue weighted by molar-refractivity contribution is 7.79. The smallest absolute Gasteiger partial charge is 0.393 e. The highest BCUT2D eigenvalue weighted by Crippen LogP contribution is 2.65. The molecule has 4 aliphatic carbocycles. The molecule has 6 nitrogen and oxygen atoms in total. The van der Waals surface area contributed by atoms with Crippen LogP contribution in [0.5, 0.6) is 0 Å². The summed E-state index contributed by atoms with van der Waals surface area (Å²) in [6.45, 7) is 4.76. The molecule has 3 N–H and O–H groups in total. The first-order valence-corrected chi connectivity index (χ1v) is 11.0. The van der Waals surface area contributed by atoms with Gasteiger partial charge in [0.25, 0.3) is 0 Å². The molecular weight excluding hydrogens is 356 g/mol. The largest absolute Gasteiger partial charge is 0.394 e. The van der Waals surface area contributed by atoms with E-state index in [0.29, 0.717) is 11.7 Å². The first kappa shape index (κ1) is 20.0. The normalized spacial score (nSPS) is 44.8. The first-order valence-electron chi connectivity index (χ1n) is 9.57. The number of carbonyl (C=O) groups excluding carboxylic acids is 1. The quantitative estimate of drug-likeness (QED) is 0.551. The lowest BCUT2D eigenvalue weighted by atomic mass is 9.47. The van der Waals surface area contributed by atoms with Gasteiger partial charge in [-0.05, 0) is 79.6 Å². The predicted octanol–water partition coefficient (Wildman–Crippen LogP) is 3.23. The van der Waals surface area contributed by atoms with Crippen molar-refractivity contribution in [3.8, 4) is 0 Å². The fourth-order valence-corrected chi connectivity index (χ4v) is 6.53. The van der Waals surface area contributed by atoms with Gasteiger partial charge in [0, 0.05) is 6.42 Å². The second-order valence-corrected chi connectivity index (χ2v) is 9.95. The molecule has 0 unspecified atom stereocenters. The zero-order valence-corrected chi connectivity index (χ0v) is 16.3. The minimum atomic E-state index is -4.67. The molecule has 0 aromatic heterocycles. The van der Waals surface area contributed by atoms with Crippen molar-refractivity contribution in [2.75, 3.05) is 0 Å². The van der Waals surface area contributed by atoms with E-state index in [1.165, 1.54) is 31.3 Å². The maximum atomic E-state index is 11.8. The Morgan fingerprint density at radius 1 is 1.00 bits per heavy atom. The van der Waals surface area contributed by atoms with Crippen LogP contribution in [0, 0.1) is 28.6 Å². The van der Waals surface area contributed by atoms with Crippen molar-refractivity contribution in [1.29, 1.82) is 0 Å². The van der Waals surface area contributed by atoms with Gasteiger partial charge in [-0.25, -0.2) is 0 Å². The van der Waals surface area contributed by atoms with Crippen molar-refractivity contribution in [2.24, 2.45) is 28.6 Å². The van der Waals surface area contributed by atoms with Crippen LogP contribution in [-0.2, 0) is 15.2 Å². The third-order valence-electron chi connectivity index (χ3n) is 7.91. The number of hydrogen-bond donors (Lipinski definition) is 3. The lowest BCUT2D eigenvalue weighted by Gasteiger charge is -2.57. The van der Waals surface area contributed by atoms with Gasteiger partial charge in [0.15, 0.2) is 5.78 Å². The zero-order valence-electron chi connectivity index (χ0n) is 15.5. The van der Waals surface area contributed by atoms with Gasteiger partial charge < -0.3 is 5.11 Å². The summed E-state index contributed by atoms with van der Waals surface area (Å²) < 4.78 is 31.6. The Morgan fingerprint density at radius 2 is 1.65 bits per heavy atom. The van der Waals surface area contributed by atoms with Gasteiger partial charge in [-0.2, -0.15) is 8.42 Å². The molecule has 0 saturated heterocycles. The van der Waals surface area contributed by atoms with E-state index in [2.05, 4.69) is 13.8 Å². The predicted molar refractivity (Wildman–Crippen MR) is 96.9 cm³/mol. The number of aliphatic hydroxyl groups excluding tert-OH is 1. The van der Waals surface area contributed by atoms with Crippen LogP contribution in [0.2, 0.25) is 0 Å². The van der Waals surface area contributed by atoms with Gasteiger partial charge in [0.2, 0.25) is 0 Å². The fraction of sp³-hybridized carbons (Fsp3) is 0.842. The van der Waals surface area contributed by atoms with E-state index < -0.39 is 10.4 Å². The van der Waals surface area contributed by atoms with Crippen molar-refractivity contribution in [1.82, 2.24) is 0 Å². The topological polar surface area (TPSA) is 112 Å². The Bertz CT molecular complexity index is 706. The van der Waals surface area contributed by atoms with Gasteiger partial charge in [0.1, 0.15) is 0 Å². The molecule has 0 spiro atoms. The summed E-state index contributed by atoms with van der Waals surface area (Å²) in [5, 5.41) is 10.4. The van der Waals surface area contributed by atoms with E-state index in [0.717, 1.165) is 37.5 Å². The highest BCUT2D eigenvalue weighted by Gasteiger charge is 2.58. The first-order chi connectivity index (χ1) is 11.9. The molecule has 0 aliphatic heterocycles. The molecule has 0 bridgehead atoms. The Labute approximate surface area is 155 Å². The number of aliphatic hydroxyl groups is 1. The highest BCUT2D eigenvalue weighted by atomic mass is 32.3. The van der Waals surface area contributed by atoms with Crippen molar-refractivity contribution >= 4 is 16.2 Å². The van der Waals surface area contributed by atoms with E-state index in [1.807, 2.05) is 6.08 Å². The maximum absolute atomic E-state index is 11.8. The summed E-state index contributed by atoms with van der Waals surface area (Å²) in [6.07, 6.45) is 10.7. The molecule has 0 radical (unpaired) electrons. The summed E-state index contributed by atoms with van der Waals surface area (Å²) in [6, 6.07) is 0. The number of ketones is 1. The summed E-state index contributed by atoms with van der Waals surface area (Å²) in [5.41, 5.74) is 1.89. The maximum Gasteiger partial charge on any atom is 0.394 e. The van der Waals surface area contributed by atoms with Gasteiger partial charge in [-0.3, -0.25) is 13.9 Å². The minimum absolute atomic E-state index is 0.0823. The van der Waals surface area contributed by atoms with E-state index in [4.69, 9.17) is 17.5 Å². The molecule has 0 amide bonds. The lowest BCUT2D eigenvalue weighted by molar-refractivity contribution is -0.118. The van der Waals surface area contributed by atoms with Crippen molar-refractivity contribution in [3.05, 3.63) is 11.6 Å². The van der Waals surface area contributed by atoms with Crippen LogP contribution < -0.4 is 0 Å². The van der Waals surface area contributed by atoms with Crippen LogP contribution in [0.15, 0.2) is 11.6 Å². The van der Waals surface area contributed by atoms with Crippen LogP contribution in [-0.4, -0.2) is 34.5 Å². The average molecular weight is 387 g/mol. The standard InChI is InChI=1S/C19H28O2.H2O4S/c1-18-9-7-13(20)11-12(18)3-4-14-15-5-6-17(21)19(15,2)10-8-16(14)18;1-5(2,3)4/h11,14-17,21H,3-10H2,1-2H3;(H2,1,2,3,4)/t14-,15-,16-,17-,18-,19-;/m0./s1. The molecule has 26 heavy (non-hydrogen) atoms. The Morgan fingerprint density at radius 3 is 2.31 bits per heavy atom. The van der Waals surface area contributed by atoms with E-state index in [1.54, 1.807) is 0 Å². The zero-order chi connectivity index (χ0) is 19.3. The molecule has 148 valence electrons. The molecule has 3 fully saturated rings. The second kappa shape index (κ2) is 6.69. The van der Waals surface area contributed by atoms with Gasteiger partial charge >= 0.3 is 10.4 Å². The molecule has 4 rings (SSSR count). The van der Waals surface area contributed by atoms with E-state index >= 15 is 0 Å². The third-order valence-corrected chi connectivity index (χ3v) is 7.91. The van der Waals surface area contributed by atoms with Gasteiger partial charge in [-0.1, -0.05) is 19.4 Å². The average Bonchev–Trinajstić information content (AvgIpc) is 2.82. The lowest BCUT2D eigenvalue weighted by Crippen LogP contribution is -2.51. The molecule has 6 atom stereocenters. The summed E-state index contributed by atoms with van der Waals surface area (Å²) in [7, 11) is -4.67. The number of rotatable bonds is 0. The van der Waals surface area contributed by atoms with Crippen LogP contribution in [0.25, 0.3) is 0 Å². The molecule has 3 saturated carbocycles. The number of fused-ring (bicyclic) bond motifs is 5. The fourth-order valence-electron chi connectivity index (χ4n) is 6.53. The molecule has 7 heteroatoms. The van der Waals surface area contributed by atoms with Gasteiger partial charge in [-0.15, -0.1) is 0 Å². The summed E-state index contributed by atoms with van der Waals surface area (Å²) >= 11 is 0. The number of allylic oxidation sites excluding steroid dienone is 1. The minimum Gasteiger partial charge on any atom is -0.393 e. The van der Waals surface area contributed by atoms with Crippen molar-refractivity contribution in [2.45, 2.75) is 71.3 Å². The molecule has 0 aromatic carbocycles. The second-order valence-electron chi connectivity index (χ2n) is 9.05. The van der Waals surface area contributed by atoms with Gasteiger partial charge in [0.05, 0.1) is 6.10 Å². The van der Waals surface area contributed by atoms with Crippen LogP contribution >= 0.6 is 0 Å². The van der Waals surface area contributed by atoms with E-state index in [9.17, 15) is 9.90 Å². The van der Waals surface area contributed by atoms with E-state index in [-0.39, 0.29) is 16.9 Å². The Kier molecular flexibility index (Phi) is 5.14. The Balaban J connectivity index is 0.000000349. The number of hydrogen-bond acceptors (Lipinski definition) is 4. The summed E-state index contributed by atoms with van der Waals surface area (Å²) in [5.74, 6) is 2.57. The monoisotopic (exact) mass is 386 g/mol. The number of carbonyl (C=O) groups is 1. The SMILES string of the molecule is C[C@]12CC[C@H]3[C@@H](CCC4=CC(=O)CC[C@@]43C)[C@@H]1CC[C@@H]2O.O=S(=O)(O)O. The van der Waals surface area contributed by atoms with Crippen molar-refractivity contribution < 1.29 is 27.4 Å². The molecule has 0 aromatic rings. The van der Waals surface area contributed by atoms with Crippen LogP contribution in [0.4, 0.5) is 0 Å². The summed E-state index contributed by atoms with van der Waals surface area (Å²) in [4.78, 5) is 11.8. The molecule has 4 aliphatic rings. The Hall–Kier alpha value is -0.760. The van der Waals surface area contributed by atoms with Crippen LogP contribution in [0.1, 0.15) is 65.2 Å². The molecule has 0 heterocycles.